The highest BCUT2D eigenvalue weighted by Crippen LogP contribution is 2.33. The summed E-state index contributed by atoms with van der Waals surface area (Å²) in [5.74, 6) is 1.28. The van der Waals surface area contributed by atoms with Crippen LogP contribution >= 0.6 is 0 Å². The Morgan fingerprint density at radius 2 is 1.88 bits per heavy atom. The van der Waals surface area contributed by atoms with E-state index in [2.05, 4.69) is 5.32 Å². The van der Waals surface area contributed by atoms with E-state index in [1.54, 1.807) is 4.90 Å². The first kappa shape index (κ1) is 16.4. The summed E-state index contributed by atoms with van der Waals surface area (Å²) >= 11 is 0. The normalized spacial score (nSPS) is 18.2. The molecule has 2 aromatic rings. The standard InChI is InChI=1S/C20H20N2O4/c23-19-9-7-16(20(24)21-11-14-4-2-1-3-5-14)22(19)12-15-6-8-17-18(10-15)26-13-25-17/h1-6,8,10,16H,7,9,11-13H2,(H,21,24)/t16-/m1/s1. The van der Waals surface area contributed by atoms with Crippen molar-refractivity contribution in [2.24, 2.45) is 0 Å². The Bertz CT molecular complexity index is 822. The molecule has 134 valence electrons. The lowest BCUT2D eigenvalue weighted by Crippen LogP contribution is -2.44. The van der Waals surface area contributed by atoms with Gasteiger partial charge in [0.05, 0.1) is 0 Å². The van der Waals surface area contributed by atoms with Crippen molar-refractivity contribution < 1.29 is 19.1 Å². The maximum absolute atomic E-state index is 12.6. The Kier molecular flexibility index (Phi) is 4.48. The first-order valence-corrected chi connectivity index (χ1v) is 8.70. The quantitative estimate of drug-likeness (QED) is 0.896. The molecule has 0 unspecified atom stereocenters. The molecule has 2 heterocycles. The van der Waals surface area contributed by atoms with E-state index in [1.165, 1.54) is 0 Å². The second-order valence-electron chi connectivity index (χ2n) is 6.47. The van der Waals surface area contributed by atoms with Crippen molar-refractivity contribution in [3.63, 3.8) is 0 Å². The van der Waals surface area contributed by atoms with E-state index in [-0.39, 0.29) is 18.6 Å². The molecule has 0 bridgehead atoms. The van der Waals surface area contributed by atoms with Gasteiger partial charge < -0.3 is 19.7 Å². The smallest absolute Gasteiger partial charge is 0.243 e. The topological polar surface area (TPSA) is 67.9 Å². The summed E-state index contributed by atoms with van der Waals surface area (Å²) in [6.07, 6.45) is 0.942. The van der Waals surface area contributed by atoms with Crippen LogP contribution in [0.4, 0.5) is 0 Å². The Morgan fingerprint density at radius 3 is 2.73 bits per heavy atom. The number of rotatable bonds is 5. The van der Waals surface area contributed by atoms with Gasteiger partial charge in [-0.1, -0.05) is 36.4 Å². The fraction of sp³-hybridized carbons (Fsp3) is 0.300. The Hall–Kier alpha value is -3.02. The van der Waals surface area contributed by atoms with Crippen molar-refractivity contribution in [1.29, 1.82) is 0 Å². The van der Waals surface area contributed by atoms with Crippen LogP contribution in [0.5, 0.6) is 11.5 Å². The Balaban J connectivity index is 1.42. The average molecular weight is 352 g/mol. The van der Waals surface area contributed by atoms with Crippen molar-refractivity contribution in [3.8, 4) is 11.5 Å². The van der Waals surface area contributed by atoms with Crippen molar-refractivity contribution >= 4 is 11.8 Å². The molecule has 0 spiro atoms. The SMILES string of the molecule is O=C(NCc1ccccc1)[C@H]1CCC(=O)N1Cc1ccc2c(c1)OCO2. The summed E-state index contributed by atoms with van der Waals surface area (Å²) in [6, 6.07) is 14.9. The molecule has 26 heavy (non-hydrogen) atoms. The second-order valence-corrected chi connectivity index (χ2v) is 6.47. The molecule has 1 atom stereocenters. The van der Waals surface area contributed by atoms with Crippen LogP contribution < -0.4 is 14.8 Å². The van der Waals surface area contributed by atoms with Crippen LogP contribution in [0.25, 0.3) is 0 Å². The van der Waals surface area contributed by atoms with Crippen LogP contribution in [0.1, 0.15) is 24.0 Å². The number of nitrogens with zero attached hydrogens (tertiary/aromatic N) is 1. The molecule has 0 radical (unpaired) electrons. The molecular formula is C20H20N2O4. The summed E-state index contributed by atoms with van der Waals surface area (Å²) in [5.41, 5.74) is 1.96. The van der Waals surface area contributed by atoms with E-state index in [4.69, 9.17) is 9.47 Å². The Labute approximate surface area is 151 Å². The largest absolute Gasteiger partial charge is 0.454 e. The van der Waals surface area contributed by atoms with Gasteiger partial charge in [0.2, 0.25) is 18.6 Å². The minimum atomic E-state index is -0.434. The molecule has 2 aliphatic rings. The third-order valence-corrected chi connectivity index (χ3v) is 4.73. The van der Waals surface area contributed by atoms with Crippen LogP contribution in [0.3, 0.4) is 0 Å². The average Bonchev–Trinajstić information content (AvgIpc) is 3.27. The van der Waals surface area contributed by atoms with Crippen LogP contribution in [-0.4, -0.2) is 29.5 Å². The lowest BCUT2D eigenvalue weighted by molar-refractivity contribution is -0.135. The van der Waals surface area contributed by atoms with E-state index in [1.807, 2.05) is 48.5 Å². The van der Waals surface area contributed by atoms with Crippen molar-refractivity contribution in [2.75, 3.05) is 6.79 Å². The van der Waals surface area contributed by atoms with Gasteiger partial charge in [-0.25, -0.2) is 0 Å². The molecule has 2 aromatic carbocycles. The lowest BCUT2D eigenvalue weighted by atomic mass is 10.1. The zero-order valence-electron chi connectivity index (χ0n) is 14.3. The van der Waals surface area contributed by atoms with Gasteiger partial charge in [-0.05, 0) is 29.7 Å². The molecule has 0 aliphatic carbocycles. The zero-order chi connectivity index (χ0) is 17.9. The monoisotopic (exact) mass is 352 g/mol. The zero-order valence-corrected chi connectivity index (χ0v) is 14.3. The minimum absolute atomic E-state index is 0.00234. The van der Waals surface area contributed by atoms with Crippen molar-refractivity contribution in [3.05, 3.63) is 59.7 Å². The lowest BCUT2D eigenvalue weighted by Gasteiger charge is -2.24. The summed E-state index contributed by atoms with van der Waals surface area (Å²) < 4.78 is 10.7. The third kappa shape index (κ3) is 3.35. The van der Waals surface area contributed by atoms with E-state index < -0.39 is 6.04 Å². The molecule has 4 rings (SSSR count). The van der Waals surface area contributed by atoms with E-state index >= 15 is 0 Å². The Morgan fingerprint density at radius 1 is 1.08 bits per heavy atom. The van der Waals surface area contributed by atoms with E-state index in [0.29, 0.717) is 37.4 Å². The summed E-state index contributed by atoms with van der Waals surface area (Å²) in [4.78, 5) is 26.5. The van der Waals surface area contributed by atoms with E-state index in [0.717, 1.165) is 11.1 Å². The number of carbonyl (C=O) groups excluding carboxylic acids is 2. The van der Waals surface area contributed by atoms with Gasteiger partial charge in [-0.15, -0.1) is 0 Å². The van der Waals surface area contributed by atoms with Gasteiger partial charge in [-0.3, -0.25) is 9.59 Å². The number of fused-ring (bicyclic) bond motifs is 1. The second kappa shape index (κ2) is 7.07. The molecule has 2 amide bonds. The third-order valence-electron chi connectivity index (χ3n) is 4.73. The molecule has 0 saturated carbocycles. The maximum atomic E-state index is 12.6. The first-order valence-electron chi connectivity index (χ1n) is 8.70. The maximum Gasteiger partial charge on any atom is 0.243 e. The van der Waals surface area contributed by atoms with Crippen molar-refractivity contribution in [2.45, 2.75) is 32.0 Å². The number of amides is 2. The van der Waals surface area contributed by atoms with Gasteiger partial charge in [0.15, 0.2) is 11.5 Å². The molecule has 6 heteroatoms. The van der Waals surface area contributed by atoms with Crippen LogP contribution in [0.15, 0.2) is 48.5 Å². The number of hydrogen-bond acceptors (Lipinski definition) is 4. The van der Waals surface area contributed by atoms with Crippen LogP contribution in [0, 0.1) is 0 Å². The van der Waals surface area contributed by atoms with Crippen LogP contribution in [0.2, 0.25) is 0 Å². The predicted molar refractivity (Wildman–Crippen MR) is 94.4 cm³/mol. The highest BCUT2D eigenvalue weighted by atomic mass is 16.7. The minimum Gasteiger partial charge on any atom is -0.454 e. The summed E-state index contributed by atoms with van der Waals surface area (Å²) in [5, 5.41) is 2.94. The number of likely N-dealkylation sites (tertiary alicyclic amines) is 1. The number of nitrogens with one attached hydrogen (secondary N) is 1. The highest BCUT2D eigenvalue weighted by Gasteiger charge is 2.36. The molecule has 2 aliphatic heterocycles. The van der Waals surface area contributed by atoms with Gasteiger partial charge >= 0.3 is 0 Å². The number of benzene rings is 2. The summed E-state index contributed by atoms with van der Waals surface area (Å²) in [6.45, 7) is 1.06. The molecule has 1 saturated heterocycles. The highest BCUT2D eigenvalue weighted by molar-refractivity contribution is 5.90. The molecule has 6 nitrogen and oxygen atoms in total. The van der Waals surface area contributed by atoms with Gasteiger partial charge in [0.1, 0.15) is 6.04 Å². The van der Waals surface area contributed by atoms with E-state index in [9.17, 15) is 9.59 Å². The number of hydrogen-bond donors (Lipinski definition) is 1. The van der Waals surface area contributed by atoms with Crippen LogP contribution in [-0.2, 0) is 22.7 Å². The van der Waals surface area contributed by atoms with Gasteiger partial charge in [-0.2, -0.15) is 0 Å². The fourth-order valence-corrected chi connectivity index (χ4v) is 3.34. The van der Waals surface area contributed by atoms with Gasteiger partial charge in [0, 0.05) is 19.5 Å². The summed E-state index contributed by atoms with van der Waals surface area (Å²) in [7, 11) is 0. The number of carbonyl (C=O) groups is 2. The first-order chi connectivity index (χ1) is 12.7. The van der Waals surface area contributed by atoms with Gasteiger partial charge in [0.25, 0.3) is 0 Å². The molecule has 1 N–H and O–H groups in total. The molecule has 0 aromatic heterocycles. The molecular weight excluding hydrogens is 332 g/mol. The number of ether oxygens (including phenoxy) is 2. The predicted octanol–water partition coefficient (Wildman–Crippen LogP) is 2.22. The van der Waals surface area contributed by atoms with Crippen molar-refractivity contribution in [1.82, 2.24) is 10.2 Å². The molecule has 1 fully saturated rings. The fourth-order valence-electron chi connectivity index (χ4n) is 3.34.